The maximum atomic E-state index is 13.2. The average molecular weight is 380 g/mol. The van der Waals surface area contributed by atoms with Crippen molar-refractivity contribution in [2.75, 3.05) is 0 Å². The van der Waals surface area contributed by atoms with Gasteiger partial charge in [-0.3, -0.25) is 13.9 Å². The van der Waals surface area contributed by atoms with Gasteiger partial charge in [0.25, 0.3) is 5.56 Å². The normalized spacial score (nSPS) is 36.1. The van der Waals surface area contributed by atoms with Crippen LogP contribution in [-0.4, -0.2) is 19.1 Å². The molecule has 6 aliphatic rings. The molecular formula is C22H28N4O2. The fourth-order valence-corrected chi connectivity index (χ4v) is 6.95. The van der Waals surface area contributed by atoms with Gasteiger partial charge in [0.2, 0.25) is 0 Å². The highest BCUT2D eigenvalue weighted by Crippen LogP contribution is 2.63. The first-order valence-corrected chi connectivity index (χ1v) is 11.4. The van der Waals surface area contributed by atoms with Crippen molar-refractivity contribution in [3.8, 4) is 0 Å². The highest BCUT2D eigenvalue weighted by Gasteiger charge is 2.55. The lowest BCUT2D eigenvalue weighted by atomic mass is 9.75. The van der Waals surface area contributed by atoms with Crippen LogP contribution in [0.25, 0.3) is 11.2 Å². The zero-order chi connectivity index (χ0) is 18.6. The van der Waals surface area contributed by atoms with Gasteiger partial charge in [0.05, 0.1) is 0 Å². The SMILES string of the molecule is O=c1c2[nH]c(C3C4CC5CC(C4)C3C5)nc2n(CC2CC2)c(=O)n1CC1CC1. The van der Waals surface area contributed by atoms with Crippen LogP contribution in [0, 0.1) is 35.5 Å². The number of hydrogen-bond donors (Lipinski definition) is 1. The number of H-pyrrole nitrogens is 1. The van der Waals surface area contributed by atoms with Gasteiger partial charge in [-0.15, -0.1) is 0 Å². The summed E-state index contributed by atoms with van der Waals surface area (Å²) in [5, 5.41) is 0. The molecule has 0 aliphatic heterocycles. The molecule has 2 heterocycles. The summed E-state index contributed by atoms with van der Waals surface area (Å²) < 4.78 is 3.32. The van der Waals surface area contributed by atoms with Crippen molar-refractivity contribution in [3.05, 3.63) is 26.7 Å². The molecule has 148 valence electrons. The molecular weight excluding hydrogens is 352 g/mol. The average Bonchev–Trinajstić information content (AvgIpc) is 3.59. The lowest BCUT2D eigenvalue weighted by Gasteiger charge is -2.30. The van der Waals surface area contributed by atoms with Crippen LogP contribution in [0.2, 0.25) is 0 Å². The number of nitrogens with one attached hydrogen (secondary N) is 1. The Morgan fingerprint density at radius 3 is 2.32 bits per heavy atom. The molecule has 4 bridgehead atoms. The Labute approximate surface area is 163 Å². The topological polar surface area (TPSA) is 72.7 Å². The van der Waals surface area contributed by atoms with E-state index in [-0.39, 0.29) is 11.2 Å². The molecule has 6 heteroatoms. The van der Waals surface area contributed by atoms with Gasteiger partial charge in [-0.05, 0) is 86.9 Å². The molecule has 0 aromatic carbocycles. The van der Waals surface area contributed by atoms with Crippen molar-refractivity contribution in [2.24, 2.45) is 35.5 Å². The second kappa shape index (κ2) is 5.39. The van der Waals surface area contributed by atoms with Crippen LogP contribution in [0.5, 0.6) is 0 Å². The van der Waals surface area contributed by atoms with E-state index in [4.69, 9.17) is 4.98 Å². The molecule has 2 aromatic rings. The summed E-state index contributed by atoms with van der Waals surface area (Å²) in [5.74, 6) is 5.80. The van der Waals surface area contributed by atoms with Gasteiger partial charge in [0.1, 0.15) is 11.3 Å². The molecule has 1 N–H and O–H groups in total. The number of aromatic nitrogens is 4. The third-order valence-electron chi connectivity index (χ3n) is 8.53. The standard InChI is InChI=1S/C22H28N4O2/c27-21-18-20(25(9-11-1-2-11)22(28)26(21)10-12-3-4-12)24-19(23-18)17-15-6-13-5-14(8-15)16(17)7-13/h11-17H,1-10H2,(H,23,24). The maximum Gasteiger partial charge on any atom is 0.332 e. The first-order valence-electron chi connectivity index (χ1n) is 11.4. The summed E-state index contributed by atoms with van der Waals surface area (Å²) in [5.41, 5.74) is 0.919. The Morgan fingerprint density at radius 1 is 0.893 bits per heavy atom. The van der Waals surface area contributed by atoms with Crippen molar-refractivity contribution in [2.45, 2.75) is 70.4 Å². The quantitative estimate of drug-likeness (QED) is 0.867. The summed E-state index contributed by atoms with van der Waals surface area (Å²) >= 11 is 0. The first-order chi connectivity index (χ1) is 13.7. The lowest BCUT2D eigenvalue weighted by Crippen LogP contribution is -2.41. The van der Waals surface area contributed by atoms with Gasteiger partial charge in [0.15, 0.2) is 5.65 Å². The van der Waals surface area contributed by atoms with E-state index in [1.54, 1.807) is 0 Å². The van der Waals surface area contributed by atoms with E-state index in [1.165, 1.54) is 43.1 Å². The Kier molecular flexibility index (Phi) is 3.08. The number of imidazole rings is 1. The Bertz CT molecular complexity index is 1080. The minimum absolute atomic E-state index is 0.136. The Hall–Kier alpha value is -1.85. The molecule has 5 atom stereocenters. The minimum atomic E-state index is -0.148. The fraction of sp³-hybridized carbons (Fsp3) is 0.773. The van der Waals surface area contributed by atoms with E-state index >= 15 is 0 Å². The molecule has 2 aromatic heterocycles. The molecule has 6 aliphatic carbocycles. The number of hydrogen-bond acceptors (Lipinski definition) is 3. The maximum absolute atomic E-state index is 13.2. The Balaban J connectivity index is 1.39. The van der Waals surface area contributed by atoms with Crippen LogP contribution in [-0.2, 0) is 13.1 Å². The van der Waals surface area contributed by atoms with E-state index in [0.717, 1.165) is 42.3 Å². The largest absolute Gasteiger partial charge is 0.336 e. The van der Waals surface area contributed by atoms with Crippen LogP contribution < -0.4 is 11.2 Å². The van der Waals surface area contributed by atoms with Gasteiger partial charge < -0.3 is 4.98 Å². The monoisotopic (exact) mass is 380 g/mol. The van der Waals surface area contributed by atoms with Crippen LogP contribution in [0.3, 0.4) is 0 Å². The summed E-state index contributed by atoms with van der Waals surface area (Å²) in [6.45, 7) is 1.29. The molecule has 6 nitrogen and oxygen atoms in total. The third kappa shape index (κ3) is 2.23. The molecule has 6 saturated carbocycles. The molecule has 28 heavy (non-hydrogen) atoms. The van der Waals surface area contributed by atoms with E-state index in [0.29, 0.717) is 42.0 Å². The third-order valence-corrected chi connectivity index (χ3v) is 8.53. The van der Waals surface area contributed by atoms with Crippen LogP contribution in [0.1, 0.15) is 63.1 Å². The van der Waals surface area contributed by atoms with E-state index in [2.05, 4.69) is 4.98 Å². The van der Waals surface area contributed by atoms with Crippen LogP contribution in [0.4, 0.5) is 0 Å². The van der Waals surface area contributed by atoms with Gasteiger partial charge in [0, 0.05) is 19.0 Å². The number of fused-ring (bicyclic) bond motifs is 1. The smallest absolute Gasteiger partial charge is 0.332 e. The van der Waals surface area contributed by atoms with Gasteiger partial charge in [-0.25, -0.2) is 9.78 Å². The van der Waals surface area contributed by atoms with Crippen LogP contribution in [0.15, 0.2) is 9.59 Å². The van der Waals surface area contributed by atoms with E-state index < -0.39 is 0 Å². The second-order valence-electron chi connectivity index (χ2n) is 10.5. The Morgan fingerprint density at radius 2 is 1.61 bits per heavy atom. The van der Waals surface area contributed by atoms with Gasteiger partial charge in [-0.2, -0.15) is 0 Å². The summed E-state index contributed by atoms with van der Waals surface area (Å²) in [6.07, 6.45) is 10.0. The molecule has 6 fully saturated rings. The summed E-state index contributed by atoms with van der Waals surface area (Å²) in [7, 11) is 0. The van der Waals surface area contributed by atoms with Crippen molar-refractivity contribution < 1.29 is 0 Å². The highest BCUT2D eigenvalue weighted by atomic mass is 16.2. The summed E-state index contributed by atoms with van der Waals surface area (Å²) in [6, 6.07) is 0. The first kappa shape index (κ1) is 16.0. The number of aromatic amines is 1. The zero-order valence-corrected chi connectivity index (χ0v) is 16.3. The zero-order valence-electron chi connectivity index (χ0n) is 16.3. The van der Waals surface area contributed by atoms with Gasteiger partial charge in [-0.1, -0.05) is 0 Å². The molecule has 0 spiro atoms. The van der Waals surface area contributed by atoms with Crippen molar-refractivity contribution in [1.82, 2.24) is 19.1 Å². The molecule has 0 saturated heterocycles. The van der Waals surface area contributed by atoms with Crippen LogP contribution >= 0.6 is 0 Å². The predicted molar refractivity (Wildman–Crippen MR) is 105 cm³/mol. The molecule has 0 radical (unpaired) electrons. The van der Waals surface area contributed by atoms with Crippen molar-refractivity contribution >= 4 is 11.2 Å². The predicted octanol–water partition coefficient (Wildman–Crippen LogP) is 2.86. The highest BCUT2D eigenvalue weighted by molar-refractivity contribution is 5.70. The molecule has 8 rings (SSSR count). The van der Waals surface area contributed by atoms with E-state index in [1.807, 2.05) is 4.57 Å². The van der Waals surface area contributed by atoms with E-state index in [9.17, 15) is 9.59 Å². The second-order valence-corrected chi connectivity index (χ2v) is 10.5. The molecule has 0 amide bonds. The minimum Gasteiger partial charge on any atom is -0.336 e. The lowest BCUT2D eigenvalue weighted by molar-refractivity contribution is 0.244. The number of rotatable bonds is 5. The molecule has 5 unspecified atom stereocenters. The van der Waals surface area contributed by atoms with Gasteiger partial charge >= 0.3 is 5.69 Å². The summed E-state index contributed by atoms with van der Waals surface area (Å²) in [4.78, 5) is 34.8. The van der Waals surface area contributed by atoms with Crippen molar-refractivity contribution in [1.29, 1.82) is 0 Å². The fourth-order valence-electron chi connectivity index (χ4n) is 6.95. The van der Waals surface area contributed by atoms with Crippen molar-refractivity contribution in [3.63, 3.8) is 0 Å². The number of nitrogens with zero attached hydrogens (tertiary/aromatic N) is 3.